The molecule has 9 heteroatoms. The molecular formula is C27H29N7O2. The Kier molecular flexibility index (Phi) is 7.05. The van der Waals surface area contributed by atoms with Gasteiger partial charge in [0.1, 0.15) is 6.04 Å². The van der Waals surface area contributed by atoms with Crippen LogP contribution in [0.3, 0.4) is 0 Å². The van der Waals surface area contributed by atoms with E-state index in [9.17, 15) is 14.9 Å². The minimum Gasteiger partial charge on any atom is -0.382 e. The average Bonchev–Trinajstić information content (AvgIpc) is 3.40. The number of hydrogen-bond donors (Lipinski definition) is 2. The van der Waals surface area contributed by atoms with E-state index >= 15 is 0 Å². The molecule has 1 aromatic carbocycles. The van der Waals surface area contributed by atoms with Crippen molar-refractivity contribution in [2.75, 3.05) is 36.8 Å². The van der Waals surface area contributed by atoms with Crippen molar-refractivity contribution < 1.29 is 9.59 Å². The first-order valence-electron chi connectivity index (χ1n) is 12.4. The summed E-state index contributed by atoms with van der Waals surface area (Å²) in [4.78, 5) is 38.0. The van der Waals surface area contributed by atoms with Crippen LogP contribution in [0.25, 0.3) is 10.9 Å². The molecule has 3 aromatic rings. The van der Waals surface area contributed by atoms with Gasteiger partial charge in [0.15, 0.2) is 0 Å². The van der Waals surface area contributed by atoms with E-state index < -0.39 is 0 Å². The number of benzene rings is 1. The quantitative estimate of drug-likeness (QED) is 0.553. The highest BCUT2D eigenvalue weighted by Gasteiger charge is 2.30. The van der Waals surface area contributed by atoms with Gasteiger partial charge < -0.3 is 15.5 Å². The van der Waals surface area contributed by atoms with Gasteiger partial charge in [0.05, 0.1) is 23.7 Å². The Morgan fingerprint density at radius 3 is 2.61 bits per heavy atom. The first kappa shape index (κ1) is 23.7. The Balaban J connectivity index is 1.22. The van der Waals surface area contributed by atoms with Gasteiger partial charge in [0.2, 0.25) is 5.91 Å². The minimum absolute atomic E-state index is 0.0585. The fourth-order valence-corrected chi connectivity index (χ4v) is 5.05. The molecule has 2 fully saturated rings. The van der Waals surface area contributed by atoms with Crippen LogP contribution >= 0.6 is 0 Å². The molecule has 2 aliphatic heterocycles. The van der Waals surface area contributed by atoms with Gasteiger partial charge in [0, 0.05) is 61.0 Å². The van der Waals surface area contributed by atoms with E-state index in [-0.39, 0.29) is 23.9 Å². The fourth-order valence-electron chi connectivity index (χ4n) is 5.05. The zero-order valence-electron chi connectivity index (χ0n) is 20.1. The molecule has 5 rings (SSSR count). The number of fused-ring (bicyclic) bond motifs is 1. The zero-order valence-corrected chi connectivity index (χ0v) is 20.1. The van der Waals surface area contributed by atoms with E-state index in [0.29, 0.717) is 29.9 Å². The number of nitrogens with zero attached hydrogens (tertiary/aromatic N) is 5. The number of carbonyl (C=O) groups excluding carboxylic acids is 2. The van der Waals surface area contributed by atoms with E-state index in [4.69, 9.17) is 0 Å². The highest BCUT2D eigenvalue weighted by atomic mass is 16.2. The molecule has 36 heavy (non-hydrogen) atoms. The van der Waals surface area contributed by atoms with Crippen molar-refractivity contribution in [1.29, 1.82) is 5.26 Å². The number of hydrogen-bond acceptors (Lipinski definition) is 7. The number of pyridine rings is 2. The van der Waals surface area contributed by atoms with E-state index in [1.807, 2.05) is 24.3 Å². The largest absolute Gasteiger partial charge is 0.382 e. The number of anilines is 2. The maximum absolute atomic E-state index is 12.9. The number of nitriles is 1. The summed E-state index contributed by atoms with van der Waals surface area (Å²) in [5.74, 6) is -0.158. The molecule has 0 saturated carbocycles. The molecule has 1 unspecified atom stereocenters. The summed E-state index contributed by atoms with van der Waals surface area (Å²) in [6, 6.07) is 13.3. The predicted octanol–water partition coefficient (Wildman–Crippen LogP) is 3.27. The topological polar surface area (TPSA) is 114 Å². The smallest absolute Gasteiger partial charge is 0.257 e. The number of nitrogens with one attached hydrogen (secondary N) is 2. The van der Waals surface area contributed by atoms with E-state index in [1.54, 1.807) is 35.6 Å². The highest BCUT2D eigenvalue weighted by molar-refractivity contribution is 6.13. The molecule has 1 atom stereocenters. The third kappa shape index (κ3) is 5.14. The van der Waals surface area contributed by atoms with Crippen LogP contribution in [0.1, 0.15) is 36.0 Å². The maximum atomic E-state index is 12.9. The fraction of sp³-hybridized carbons (Fsp3) is 0.370. The summed E-state index contributed by atoms with van der Waals surface area (Å²) >= 11 is 0. The van der Waals surface area contributed by atoms with Crippen LogP contribution in [0.4, 0.5) is 11.4 Å². The second-order valence-electron chi connectivity index (χ2n) is 9.32. The summed E-state index contributed by atoms with van der Waals surface area (Å²) in [6.45, 7) is 2.69. The molecule has 184 valence electrons. The molecule has 2 N–H and O–H groups in total. The van der Waals surface area contributed by atoms with Gasteiger partial charge in [-0.3, -0.25) is 24.5 Å². The third-order valence-corrected chi connectivity index (χ3v) is 6.98. The van der Waals surface area contributed by atoms with E-state index in [0.717, 1.165) is 49.8 Å². The van der Waals surface area contributed by atoms with Gasteiger partial charge in [-0.15, -0.1) is 0 Å². The van der Waals surface area contributed by atoms with Crippen molar-refractivity contribution in [1.82, 2.24) is 19.8 Å². The van der Waals surface area contributed by atoms with Crippen molar-refractivity contribution in [2.24, 2.45) is 0 Å². The van der Waals surface area contributed by atoms with Crippen molar-refractivity contribution in [3.05, 3.63) is 60.6 Å². The monoisotopic (exact) mass is 483 g/mol. The van der Waals surface area contributed by atoms with Gasteiger partial charge in [0.25, 0.3) is 5.91 Å². The number of likely N-dealkylation sites (tertiary alicyclic amines) is 2. The van der Waals surface area contributed by atoms with Crippen LogP contribution in [0.2, 0.25) is 0 Å². The lowest BCUT2D eigenvalue weighted by Gasteiger charge is -2.33. The molecule has 2 saturated heterocycles. The molecule has 2 aromatic heterocycles. The molecule has 0 bridgehead atoms. The van der Waals surface area contributed by atoms with Crippen LogP contribution in [-0.4, -0.2) is 69.8 Å². The normalized spacial score (nSPS) is 18.6. The van der Waals surface area contributed by atoms with Gasteiger partial charge in [-0.1, -0.05) is 0 Å². The number of rotatable bonds is 6. The van der Waals surface area contributed by atoms with E-state index in [1.165, 1.54) is 0 Å². The third-order valence-electron chi connectivity index (χ3n) is 6.98. The van der Waals surface area contributed by atoms with Gasteiger partial charge in [-0.2, -0.15) is 5.26 Å². The second-order valence-corrected chi connectivity index (χ2v) is 9.32. The Bertz CT molecular complexity index is 1280. The van der Waals surface area contributed by atoms with Crippen LogP contribution in [0, 0.1) is 11.3 Å². The molecule has 9 nitrogen and oxygen atoms in total. The van der Waals surface area contributed by atoms with Crippen molar-refractivity contribution in [2.45, 2.75) is 37.8 Å². The lowest BCUT2D eigenvalue weighted by atomic mass is 10.0. The Morgan fingerprint density at radius 1 is 1.03 bits per heavy atom. The van der Waals surface area contributed by atoms with Crippen LogP contribution in [-0.2, 0) is 4.79 Å². The minimum atomic E-state index is -0.270. The van der Waals surface area contributed by atoms with Crippen molar-refractivity contribution in [3.8, 4) is 6.07 Å². The lowest BCUT2D eigenvalue weighted by Crippen LogP contribution is -2.46. The number of aromatic nitrogens is 2. The summed E-state index contributed by atoms with van der Waals surface area (Å²) in [7, 11) is 0. The van der Waals surface area contributed by atoms with Gasteiger partial charge in [-0.25, -0.2) is 0 Å². The van der Waals surface area contributed by atoms with Gasteiger partial charge >= 0.3 is 0 Å². The van der Waals surface area contributed by atoms with Crippen LogP contribution in [0.15, 0.2) is 55.0 Å². The highest BCUT2D eigenvalue weighted by Crippen LogP contribution is 2.28. The molecule has 0 spiro atoms. The number of carbonyl (C=O) groups is 2. The Hall–Kier alpha value is -4.03. The lowest BCUT2D eigenvalue weighted by molar-refractivity contribution is -0.132. The molecule has 0 radical (unpaired) electrons. The summed E-state index contributed by atoms with van der Waals surface area (Å²) in [6.07, 6.45) is 8.46. The molecule has 2 aliphatic rings. The molecular weight excluding hydrogens is 454 g/mol. The van der Waals surface area contributed by atoms with Crippen molar-refractivity contribution >= 4 is 34.1 Å². The summed E-state index contributed by atoms with van der Waals surface area (Å²) in [5, 5.41) is 16.7. The SMILES string of the molecule is N#CC1CCCN1C(=O)CN1CCC(Nc2ccc(C(=O)Nc3ccncc3)c3ncccc23)CC1. The number of amides is 2. The molecule has 4 heterocycles. The Labute approximate surface area is 210 Å². The zero-order chi connectivity index (χ0) is 24.9. The average molecular weight is 484 g/mol. The van der Waals surface area contributed by atoms with Crippen LogP contribution < -0.4 is 10.6 Å². The first-order chi connectivity index (χ1) is 17.6. The second kappa shape index (κ2) is 10.7. The van der Waals surface area contributed by atoms with Gasteiger partial charge in [-0.05, 0) is 62.1 Å². The molecule has 0 aliphatic carbocycles. The number of piperidine rings is 1. The maximum Gasteiger partial charge on any atom is 0.257 e. The van der Waals surface area contributed by atoms with E-state index in [2.05, 4.69) is 31.6 Å². The first-order valence-corrected chi connectivity index (χ1v) is 12.4. The summed E-state index contributed by atoms with van der Waals surface area (Å²) < 4.78 is 0. The Morgan fingerprint density at radius 2 is 1.83 bits per heavy atom. The summed E-state index contributed by atoms with van der Waals surface area (Å²) in [5.41, 5.74) is 2.79. The van der Waals surface area contributed by atoms with Crippen LogP contribution in [0.5, 0.6) is 0 Å². The molecule has 2 amide bonds. The standard InChI is InChI=1S/C27H29N7O2/c28-17-21-3-2-14-34(21)25(35)18-33-15-9-20(10-16-33)31-24-6-5-23(26-22(24)4-1-11-30-26)27(36)32-19-7-12-29-13-8-19/h1,4-8,11-13,20-21,31H,2-3,9-10,14-16,18H2,(H,29,32,36). The predicted molar refractivity (Wildman–Crippen MR) is 137 cm³/mol. The van der Waals surface area contributed by atoms with Crippen molar-refractivity contribution in [3.63, 3.8) is 0 Å².